The van der Waals surface area contributed by atoms with Crippen LogP contribution in [-0.2, 0) is 0 Å². The topological polar surface area (TPSA) is 0 Å². The molecule has 0 unspecified atom stereocenters. The van der Waals surface area contributed by atoms with Crippen molar-refractivity contribution < 1.29 is 0 Å². The molecule has 60 valence electrons. The molecule has 0 bridgehead atoms. The van der Waals surface area contributed by atoms with Crippen LogP contribution in [0.1, 0.15) is 26.2 Å². The summed E-state index contributed by atoms with van der Waals surface area (Å²) in [7, 11) is 0. The Kier molecular flexibility index (Phi) is 8.50. The summed E-state index contributed by atoms with van der Waals surface area (Å²) in [6.07, 6.45) is 4.09. The molecule has 2 heteroatoms. The molecule has 0 radical (unpaired) electrons. The van der Waals surface area contributed by atoms with E-state index in [1.54, 1.807) is 4.47 Å². The van der Waals surface area contributed by atoms with E-state index < -0.39 is 0 Å². The molecule has 0 aromatic carbocycles. The van der Waals surface area contributed by atoms with Gasteiger partial charge >= 0.3 is 77.2 Å². The molecule has 0 aliphatic heterocycles. The van der Waals surface area contributed by atoms with Crippen molar-refractivity contribution in [3.8, 4) is 0 Å². The molecule has 0 aliphatic rings. The zero-order chi connectivity index (χ0) is 7.82. The maximum atomic E-state index is 2.46. The number of hydrogen-bond donors (Lipinski definition) is 0. The van der Waals surface area contributed by atoms with Crippen LogP contribution in [0.15, 0.2) is 9.45 Å². The number of unbranched alkanes of at least 4 members (excludes halogenated alkanes) is 1. The SMILES string of the molecule is CCCC/C(=C\[Se]C)[Se]C. The molecule has 0 saturated carbocycles. The van der Waals surface area contributed by atoms with Crippen molar-refractivity contribution >= 4 is 29.9 Å². The van der Waals surface area contributed by atoms with Gasteiger partial charge < -0.3 is 0 Å². The van der Waals surface area contributed by atoms with Crippen LogP contribution >= 0.6 is 0 Å². The Hall–Kier alpha value is 0.779. The molecule has 0 aromatic heterocycles. The van der Waals surface area contributed by atoms with Crippen molar-refractivity contribution in [2.45, 2.75) is 37.8 Å². The minimum absolute atomic E-state index is 0.751. The van der Waals surface area contributed by atoms with Crippen LogP contribution in [0, 0.1) is 0 Å². The van der Waals surface area contributed by atoms with Crippen molar-refractivity contribution in [2.75, 3.05) is 0 Å². The van der Waals surface area contributed by atoms with Gasteiger partial charge in [0.1, 0.15) is 0 Å². The second-order valence-electron chi connectivity index (χ2n) is 2.13. The first-order valence-electron chi connectivity index (χ1n) is 3.61. The van der Waals surface area contributed by atoms with Crippen molar-refractivity contribution in [3.63, 3.8) is 0 Å². The van der Waals surface area contributed by atoms with E-state index in [1.807, 2.05) is 0 Å². The van der Waals surface area contributed by atoms with E-state index in [9.17, 15) is 0 Å². The molecule has 0 saturated heterocycles. The molecule has 0 N–H and O–H groups in total. The monoisotopic (exact) mass is 272 g/mol. The average Bonchev–Trinajstić information content (AvgIpc) is 1.98. The fourth-order valence-electron chi connectivity index (χ4n) is 0.692. The first-order valence-corrected chi connectivity index (χ1v) is 8.88. The zero-order valence-electron chi connectivity index (χ0n) is 7.02. The van der Waals surface area contributed by atoms with Gasteiger partial charge in [-0.3, -0.25) is 0 Å². The van der Waals surface area contributed by atoms with Gasteiger partial charge in [0.05, 0.1) is 0 Å². The van der Waals surface area contributed by atoms with Crippen LogP contribution < -0.4 is 0 Å². The van der Waals surface area contributed by atoms with Crippen LogP contribution in [0.5, 0.6) is 0 Å². The van der Waals surface area contributed by atoms with Gasteiger partial charge in [0, 0.05) is 0 Å². The molecule has 0 rings (SSSR count). The summed E-state index contributed by atoms with van der Waals surface area (Å²) >= 11 is 1.52. The predicted octanol–water partition coefficient (Wildman–Crippen LogP) is 2.52. The first-order chi connectivity index (χ1) is 4.85. The van der Waals surface area contributed by atoms with E-state index in [0.29, 0.717) is 0 Å². The Morgan fingerprint density at radius 1 is 1.40 bits per heavy atom. The molecular weight excluding hydrogens is 254 g/mol. The third-order valence-corrected chi connectivity index (χ3v) is 4.91. The first kappa shape index (κ1) is 10.8. The summed E-state index contributed by atoms with van der Waals surface area (Å²) in [5.74, 6) is 4.60. The van der Waals surface area contributed by atoms with E-state index in [4.69, 9.17) is 0 Å². The van der Waals surface area contributed by atoms with Gasteiger partial charge in [-0.05, 0) is 0 Å². The Morgan fingerprint density at radius 3 is 2.50 bits per heavy atom. The summed E-state index contributed by atoms with van der Waals surface area (Å²) in [6.45, 7) is 2.26. The molecule has 0 aromatic rings. The molecule has 10 heavy (non-hydrogen) atoms. The van der Waals surface area contributed by atoms with Crippen molar-refractivity contribution in [1.82, 2.24) is 0 Å². The van der Waals surface area contributed by atoms with Crippen molar-refractivity contribution in [1.29, 1.82) is 0 Å². The van der Waals surface area contributed by atoms with E-state index in [2.05, 4.69) is 23.5 Å². The summed E-state index contributed by atoms with van der Waals surface area (Å²) in [5.41, 5.74) is 0. The van der Waals surface area contributed by atoms with Crippen LogP contribution in [0.3, 0.4) is 0 Å². The molecule has 0 spiro atoms. The van der Waals surface area contributed by atoms with E-state index in [-0.39, 0.29) is 0 Å². The van der Waals surface area contributed by atoms with Gasteiger partial charge in [-0.25, -0.2) is 0 Å². The second kappa shape index (κ2) is 7.88. The Labute approximate surface area is 77.2 Å². The quantitative estimate of drug-likeness (QED) is 0.673. The normalized spacial score (nSPS) is 12.1. The van der Waals surface area contributed by atoms with E-state index >= 15 is 0 Å². The van der Waals surface area contributed by atoms with Gasteiger partial charge in [-0.15, -0.1) is 0 Å². The fraction of sp³-hybridized carbons (Fsp3) is 0.750. The molecule has 0 amide bonds. The van der Waals surface area contributed by atoms with E-state index in [1.165, 1.54) is 19.3 Å². The summed E-state index contributed by atoms with van der Waals surface area (Å²) in [5, 5.41) is 0. The molecule has 0 aliphatic carbocycles. The number of hydrogen-bond acceptors (Lipinski definition) is 0. The fourth-order valence-corrected chi connectivity index (χ4v) is 4.52. The Morgan fingerprint density at radius 2 is 2.10 bits per heavy atom. The van der Waals surface area contributed by atoms with Crippen molar-refractivity contribution in [2.24, 2.45) is 0 Å². The molecule has 0 nitrogen and oxygen atoms in total. The molecule has 0 heterocycles. The third-order valence-electron chi connectivity index (χ3n) is 1.29. The Balaban J connectivity index is 3.49. The number of allylic oxidation sites excluding steroid dienone is 1. The van der Waals surface area contributed by atoms with Gasteiger partial charge in [-0.2, -0.15) is 0 Å². The van der Waals surface area contributed by atoms with Gasteiger partial charge in [-0.1, -0.05) is 0 Å². The van der Waals surface area contributed by atoms with Gasteiger partial charge in [0.15, 0.2) is 0 Å². The average molecular weight is 270 g/mol. The van der Waals surface area contributed by atoms with Crippen LogP contribution in [0.2, 0.25) is 11.6 Å². The third kappa shape index (κ3) is 5.56. The van der Waals surface area contributed by atoms with Crippen LogP contribution in [0.25, 0.3) is 0 Å². The molecular formula is C8H16Se2. The predicted molar refractivity (Wildman–Crippen MR) is 50.8 cm³/mol. The maximum absolute atomic E-state index is 2.46. The molecule has 0 fully saturated rings. The summed E-state index contributed by atoms with van der Waals surface area (Å²) in [6, 6.07) is 0. The van der Waals surface area contributed by atoms with Gasteiger partial charge in [0.25, 0.3) is 0 Å². The van der Waals surface area contributed by atoms with Crippen LogP contribution in [0.4, 0.5) is 0 Å². The number of rotatable bonds is 5. The second-order valence-corrected chi connectivity index (χ2v) is 5.57. The molecule has 0 atom stereocenters. The van der Waals surface area contributed by atoms with E-state index in [0.717, 1.165) is 29.9 Å². The summed E-state index contributed by atoms with van der Waals surface area (Å²) < 4.78 is 1.73. The van der Waals surface area contributed by atoms with Crippen molar-refractivity contribution in [3.05, 3.63) is 9.45 Å². The summed E-state index contributed by atoms with van der Waals surface area (Å²) in [4.78, 5) is 2.46. The minimum atomic E-state index is 0.751. The Bertz CT molecular complexity index is 97.4. The zero-order valence-corrected chi connectivity index (χ0v) is 10.4. The standard InChI is InChI=1S/C8H16Se2/c1-4-5-6-8(10-3)7-9-2/h7H,4-6H2,1-3H3/b8-7+. The van der Waals surface area contributed by atoms with Gasteiger partial charge in [0.2, 0.25) is 0 Å². The van der Waals surface area contributed by atoms with Crippen LogP contribution in [-0.4, -0.2) is 29.9 Å².